The summed E-state index contributed by atoms with van der Waals surface area (Å²) in [5, 5.41) is 14.4. The number of ether oxygens (including phenoxy) is 2. The standard InChI is InChI=1S/C47H53ClN11O7P/c1-55-27-29(24-50-55)30-20-35(52-47-49-25-33(48)43(54-47)51-34-8-6-7-9-41(34)67(4,5)64)39(65-2)23-37(30)57-14-12-28(13-15-57)26-56-16-18-58(19-17-56)38-21-31-32(22-40(38)66-3)46(63)59(45(31)62)36-10-11-42(60)53-44(36)61/h6-9,20-25,27-28,36H,10-19,26H2,1-5H3,(H,53,60,61)(H2,49,51,52,54). The number of carbonyl (C=O) groups excluding carboxylic acids is 4. The number of hydrogen-bond acceptors (Lipinski definition) is 15. The summed E-state index contributed by atoms with van der Waals surface area (Å²) in [7, 11) is 2.47. The van der Waals surface area contributed by atoms with E-state index in [0.29, 0.717) is 64.0 Å². The van der Waals surface area contributed by atoms with Crippen molar-refractivity contribution in [3.8, 4) is 22.6 Å². The Labute approximate surface area is 393 Å². The van der Waals surface area contributed by atoms with Crippen LogP contribution in [0.5, 0.6) is 11.5 Å². The van der Waals surface area contributed by atoms with Crippen molar-refractivity contribution in [1.29, 1.82) is 0 Å². The highest BCUT2D eigenvalue weighted by Crippen LogP contribution is 2.43. The van der Waals surface area contributed by atoms with Gasteiger partial charge >= 0.3 is 0 Å². The van der Waals surface area contributed by atoms with Crippen molar-refractivity contribution in [2.75, 3.05) is 93.8 Å². The van der Waals surface area contributed by atoms with Crippen LogP contribution < -0.4 is 40.5 Å². The summed E-state index contributed by atoms with van der Waals surface area (Å²) in [4.78, 5) is 68.7. The van der Waals surface area contributed by atoms with E-state index in [4.69, 9.17) is 26.1 Å². The fraction of sp³-hybridized carbons (Fsp3) is 0.383. The quantitative estimate of drug-likeness (QED) is 0.0957. The van der Waals surface area contributed by atoms with E-state index in [0.717, 1.165) is 73.0 Å². The molecule has 9 rings (SSSR count). The third-order valence-corrected chi connectivity index (χ3v) is 14.8. The molecule has 20 heteroatoms. The third-order valence-electron chi connectivity index (χ3n) is 13.0. The average Bonchev–Trinajstić information content (AvgIpc) is 3.85. The minimum atomic E-state index is -2.60. The van der Waals surface area contributed by atoms with Gasteiger partial charge in [-0.1, -0.05) is 23.7 Å². The van der Waals surface area contributed by atoms with Crippen LogP contribution in [-0.2, 0) is 21.2 Å². The first-order valence-corrected chi connectivity index (χ1v) is 25.2. The Hall–Kier alpha value is -6.49. The maximum absolute atomic E-state index is 13.6. The second kappa shape index (κ2) is 18.7. The highest BCUT2D eigenvalue weighted by atomic mass is 35.5. The molecule has 0 saturated carbocycles. The average molecular weight is 950 g/mol. The van der Waals surface area contributed by atoms with E-state index in [-0.39, 0.29) is 24.0 Å². The number of aromatic nitrogens is 4. The second-order valence-electron chi connectivity index (χ2n) is 17.7. The van der Waals surface area contributed by atoms with Crippen LogP contribution in [0.3, 0.4) is 0 Å². The molecule has 6 heterocycles. The Morgan fingerprint density at radius 1 is 0.806 bits per heavy atom. The Kier molecular flexibility index (Phi) is 12.7. The van der Waals surface area contributed by atoms with Gasteiger partial charge in [0.15, 0.2) is 5.82 Å². The van der Waals surface area contributed by atoms with Gasteiger partial charge in [0.1, 0.15) is 29.7 Å². The molecule has 3 aromatic carbocycles. The number of anilines is 6. The topological polar surface area (TPSA) is 196 Å². The minimum absolute atomic E-state index is 0.0581. The van der Waals surface area contributed by atoms with Gasteiger partial charge in [-0.2, -0.15) is 10.1 Å². The molecular weight excluding hydrogens is 897 g/mol. The number of carbonyl (C=O) groups is 4. The summed E-state index contributed by atoms with van der Waals surface area (Å²) >= 11 is 6.58. The van der Waals surface area contributed by atoms with Crippen molar-refractivity contribution < 1.29 is 33.2 Å². The predicted molar refractivity (Wildman–Crippen MR) is 258 cm³/mol. The summed E-state index contributed by atoms with van der Waals surface area (Å²) in [6.07, 6.45) is 7.51. The van der Waals surface area contributed by atoms with E-state index in [1.165, 1.54) is 6.20 Å². The number of nitrogens with one attached hydrogen (secondary N) is 3. The number of para-hydroxylation sites is 1. The maximum Gasteiger partial charge on any atom is 0.262 e. The molecule has 2 aromatic heterocycles. The van der Waals surface area contributed by atoms with Crippen molar-refractivity contribution in [3.63, 3.8) is 0 Å². The van der Waals surface area contributed by atoms with Gasteiger partial charge in [0, 0.05) is 93.7 Å². The molecule has 0 bridgehead atoms. The number of piperazine rings is 1. The minimum Gasteiger partial charge on any atom is -0.495 e. The summed E-state index contributed by atoms with van der Waals surface area (Å²) in [6, 6.07) is 13.8. The smallest absolute Gasteiger partial charge is 0.262 e. The number of halogens is 1. The van der Waals surface area contributed by atoms with Gasteiger partial charge in [-0.25, -0.2) is 4.98 Å². The summed E-state index contributed by atoms with van der Waals surface area (Å²) in [5.41, 5.74) is 5.43. The molecule has 4 aliphatic rings. The molecule has 4 amide bonds. The van der Waals surface area contributed by atoms with E-state index in [1.807, 2.05) is 49.8 Å². The lowest BCUT2D eigenvalue weighted by Gasteiger charge is -2.40. The van der Waals surface area contributed by atoms with Crippen LogP contribution in [0.4, 0.5) is 34.5 Å². The van der Waals surface area contributed by atoms with Crippen molar-refractivity contribution >= 4 is 82.2 Å². The van der Waals surface area contributed by atoms with E-state index < -0.39 is 36.8 Å². The van der Waals surface area contributed by atoms with Crippen LogP contribution in [0.1, 0.15) is 46.4 Å². The second-order valence-corrected chi connectivity index (χ2v) is 21.3. The molecule has 4 aliphatic heterocycles. The Bertz CT molecular complexity index is 2820. The van der Waals surface area contributed by atoms with E-state index in [9.17, 15) is 23.7 Å². The first-order chi connectivity index (χ1) is 32.2. The van der Waals surface area contributed by atoms with Gasteiger partial charge in [-0.05, 0) is 68.8 Å². The molecule has 0 radical (unpaired) electrons. The fourth-order valence-corrected chi connectivity index (χ4v) is 10.8. The number of imide groups is 2. The van der Waals surface area contributed by atoms with Crippen LogP contribution in [0.15, 0.2) is 67.1 Å². The zero-order chi connectivity index (χ0) is 47.1. The van der Waals surface area contributed by atoms with Crippen LogP contribution in [0.2, 0.25) is 5.02 Å². The molecule has 1 unspecified atom stereocenters. The molecule has 18 nitrogen and oxygen atoms in total. The molecule has 3 N–H and O–H groups in total. The van der Waals surface area contributed by atoms with Gasteiger partial charge < -0.3 is 34.5 Å². The molecule has 67 heavy (non-hydrogen) atoms. The molecule has 1 atom stereocenters. The van der Waals surface area contributed by atoms with Gasteiger partial charge in [0.25, 0.3) is 11.8 Å². The highest BCUT2D eigenvalue weighted by Gasteiger charge is 2.45. The Balaban J connectivity index is 0.858. The molecular formula is C47H53ClN11O7P. The number of piperidine rings is 2. The number of methoxy groups -OCH3 is 2. The summed E-state index contributed by atoms with van der Waals surface area (Å²) in [6.45, 7) is 9.14. The van der Waals surface area contributed by atoms with Crippen LogP contribution in [0.25, 0.3) is 11.1 Å². The number of rotatable bonds is 13. The van der Waals surface area contributed by atoms with Gasteiger partial charge in [-0.3, -0.25) is 39.0 Å². The van der Waals surface area contributed by atoms with Crippen LogP contribution in [0, 0.1) is 5.92 Å². The molecule has 5 aromatic rings. The van der Waals surface area contributed by atoms with Gasteiger partial charge in [0.2, 0.25) is 17.8 Å². The van der Waals surface area contributed by atoms with E-state index >= 15 is 0 Å². The molecule has 3 fully saturated rings. The number of benzene rings is 3. The number of amides is 4. The number of hydrogen-bond donors (Lipinski definition) is 3. The van der Waals surface area contributed by atoms with Crippen molar-refractivity contribution in [2.24, 2.45) is 13.0 Å². The molecule has 0 aliphatic carbocycles. The van der Waals surface area contributed by atoms with Gasteiger partial charge in [0.05, 0.1) is 54.8 Å². The zero-order valence-corrected chi connectivity index (χ0v) is 39.7. The summed E-state index contributed by atoms with van der Waals surface area (Å²) in [5.74, 6) is 0.0941. The van der Waals surface area contributed by atoms with E-state index in [1.54, 1.807) is 44.4 Å². The normalized spacial score (nSPS) is 18.3. The first-order valence-electron chi connectivity index (χ1n) is 22.3. The predicted octanol–water partition coefficient (Wildman–Crippen LogP) is 5.72. The molecule has 3 saturated heterocycles. The Morgan fingerprint density at radius 3 is 2.18 bits per heavy atom. The van der Waals surface area contributed by atoms with Gasteiger partial charge in [-0.15, -0.1) is 0 Å². The van der Waals surface area contributed by atoms with Crippen molar-refractivity contribution in [3.05, 3.63) is 83.3 Å². The first kappa shape index (κ1) is 45.7. The number of fused-ring (bicyclic) bond motifs is 1. The largest absolute Gasteiger partial charge is 0.495 e. The SMILES string of the molecule is COc1cc(N2CCC(CN3CCN(c4cc5c(cc4OC)C(=O)N(C4CCC(=O)NC4=O)C5=O)CC3)CC2)c(-c2cnn(C)c2)cc1Nc1ncc(Cl)c(Nc2ccccc2P(C)(C)=O)n1. The molecule has 0 spiro atoms. The Morgan fingerprint density at radius 2 is 1.51 bits per heavy atom. The lowest BCUT2D eigenvalue weighted by molar-refractivity contribution is -0.136. The number of nitrogens with zero attached hydrogens (tertiary/aromatic N) is 8. The maximum atomic E-state index is 13.6. The fourth-order valence-electron chi connectivity index (χ4n) is 9.49. The zero-order valence-electron chi connectivity index (χ0n) is 38.0. The molecule has 350 valence electrons. The highest BCUT2D eigenvalue weighted by molar-refractivity contribution is 7.70. The number of aryl methyl sites for hydroxylation is 1. The third kappa shape index (κ3) is 9.30. The van der Waals surface area contributed by atoms with Crippen molar-refractivity contribution in [1.82, 2.24) is 34.9 Å². The van der Waals surface area contributed by atoms with E-state index in [2.05, 4.69) is 46.8 Å². The van der Waals surface area contributed by atoms with Crippen molar-refractivity contribution in [2.45, 2.75) is 31.7 Å². The van der Waals surface area contributed by atoms with Crippen LogP contribution in [-0.4, -0.2) is 133 Å². The lowest BCUT2D eigenvalue weighted by Crippen LogP contribution is -2.54. The lowest BCUT2D eigenvalue weighted by atomic mass is 9.94. The summed E-state index contributed by atoms with van der Waals surface area (Å²) < 4.78 is 26.6. The van der Waals surface area contributed by atoms with Crippen LogP contribution >= 0.6 is 18.7 Å². The monoisotopic (exact) mass is 949 g/mol.